The first-order valence-electron chi connectivity index (χ1n) is 7.87. The smallest absolute Gasteiger partial charge is 0.230 e. The quantitative estimate of drug-likeness (QED) is 0.713. The van der Waals surface area contributed by atoms with E-state index >= 15 is 0 Å². The molecule has 7 heteroatoms. The van der Waals surface area contributed by atoms with Crippen LogP contribution in [-0.4, -0.2) is 30.9 Å². The zero-order valence-electron chi connectivity index (χ0n) is 14.3. The number of nitrogens with two attached hydrogens (primary N) is 1. The fourth-order valence-electron chi connectivity index (χ4n) is 2.35. The standard InChI is InChI=1S/C18H19N5OS/c1-11-4-5-15(10-12(11)2)23-17(14-6-8-20-9-7-14)21-22-18(23)25-13(3)16(19)24/h4-10,13H,1-3H3,(H2,19,24)/t13-/m0/s1. The summed E-state index contributed by atoms with van der Waals surface area (Å²) in [5.74, 6) is 0.315. The van der Waals surface area contributed by atoms with Gasteiger partial charge in [-0.25, -0.2) is 0 Å². The van der Waals surface area contributed by atoms with Gasteiger partial charge in [0.25, 0.3) is 0 Å². The third kappa shape index (κ3) is 3.56. The number of carbonyl (C=O) groups is 1. The average molecular weight is 353 g/mol. The van der Waals surface area contributed by atoms with Crippen LogP contribution in [0.4, 0.5) is 0 Å². The summed E-state index contributed by atoms with van der Waals surface area (Å²) < 4.78 is 1.95. The number of carbonyl (C=O) groups excluding carboxylic acids is 1. The van der Waals surface area contributed by atoms with E-state index in [-0.39, 0.29) is 5.91 Å². The summed E-state index contributed by atoms with van der Waals surface area (Å²) in [5, 5.41) is 8.85. The van der Waals surface area contributed by atoms with Crippen LogP contribution in [0.2, 0.25) is 0 Å². The van der Waals surface area contributed by atoms with Crippen LogP contribution >= 0.6 is 11.8 Å². The van der Waals surface area contributed by atoms with Crippen LogP contribution in [0.25, 0.3) is 17.1 Å². The highest BCUT2D eigenvalue weighted by atomic mass is 32.2. The highest BCUT2D eigenvalue weighted by Gasteiger charge is 2.20. The third-order valence-corrected chi connectivity index (χ3v) is 5.06. The van der Waals surface area contributed by atoms with Crippen LogP contribution in [0.3, 0.4) is 0 Å². The van der Waals surface area contributed by atoms with E-state index in [1.54, 1.807) is 19.3 Å². The van der Waals surface area contributed by atoms with Gasteiger partial charge in [-0.15, -0.1) is 10.2 Å². The van der Waals surface area contributed by atoms with Crippen LogP contribution in [0, 0.1) is 13.8 Å². The molecule has 6 nitrogen and oxygen atoms in total. The molecule has 1 atom stereocenters. The normalized spacial score (nSPS) is 12.1. The van der Waals surface area contributed by atoms with Crippen molar-refractivity contribution in [2.24, 2.45) is 5.73 Å². The molecule has 2 heterocycles. The molecule has 1 amide bonds. The Hall–Kier alpha value is -2.67. The van der Waals surface area contributed by atoms with Crippen LogP contribution in [0.1, 0.15) is 18.1 Å². The van der Waals surface area contributed by atoms with Crippen LogP contribution in [0.15, 0.2) is 47.9 Å². The van der Waals surface area contributed by atoms with Crippen LogP contribution in [0.5, 0.6) is 0 Å². The van der Waals surface area contributed by atoms with E-state index in [0.29, 0.717) is 11.0 Å². The molecule has 0 aliphatic rings. The van der Waals surface area contributed by atoms with Gasteiger partial charge >= 0.3 is 0 Å². The molecular weight excluding hydrogens is 334 g/mol. The first-order valence-corrected chi connectivity index (χ1v) is 8.74. The Bertz CT molecular complexity index is 907. The number of hydrogen-bond acceptors (Lipinski definition) is 5. The second kappa shape index (κ2) is 7.06. The van der Waals surface area contributed by atoms with Gasteiger partial charge in [0, 0.05) is 18.0 Å². The molecule has 0 fully saturated rings. The number of aromatic nitrogens is 4. The lowest BCUT2D eigenvalue weighted by Gasteiger charge is -2.13. The topological polar surface area (TPSA) is 86.7 Å². The minimum Gasteiger partial charge on any atom is -0.369 e. The SMILES string of the molecule is Cc1ccc(-n2c(S[C@@H](C)C(N)=O)nnc2-c2ccncc2)cc1C. The Balaban J connectivity index is 2.15. The number of aryl methyl sites for hydroxylation is 2. The maximum absolute atomic E-state index is 11.5. The van der Waals surface area contributed by atoms with E-state index in [4.69, 9.17) is 5.73 Å². The lowest BCUT2D eigenvalue weighted by molar-refractivity contribution is -0.117. The molecule has 2 N–H and O–H groups in total. The van der Waals surface area contributed by atoms with Crippen molar-refractivity contribution in [1.82, 2.24) is 19.7 Å². The fraction of sp³-hybridized carbons (Fsp3) is 0.222. The number of primary amides is 1. The Kier molecular flexibility index (Phi) is 4.85. The number of nitrogens with zero attached hydrogens (tertiary/aromatic N) is 4. The largest absolute Gasteiger partial charge is 0.369 e. The molecule has 0 saturated carbocycles. The Morgan fingerprint density at radius 2 is 1.84 bits per heavy atom. The molecule has 2 aromatic heterocycles. The summed E-state index contributed by atoms with van der Waals surface area (Å²) in [6.07, 6.45) is 3.43. The fourth-order valence-corrected chi connectivity index (χ4v) is 3.17. The maximum Gasteiger partial charge on any atom is 0.230 e. The van der Waals surface area contributed by atoms with Crippen LogP contribution < -0.4 is 5.73 Å². The molecule has 0 radical (unpaired) electrons. The summed E-state index contributed by atoms with van der Waals surface area (Å²) in [4.78, 5) is 15.5. The van der Waals surface area contributed by atoms with Crippen molar-refractivity contribution in [1.29, 1.82) is 0 Å². The molecule has 0 saturated heterocycles. The van der Waals surface area contributed by atoms with Crippen molar-refractivity contribution in [2.75, 3.05) is 0 Å². The van der Waals surface area contributed by atoms with Gasteiger partial charge in [0.2, 0.25) is 5.91 Å². The van der Waals surface area contributed by atoms with Gasteiger partial charge in [-0.1, -0.05) is 17.8 Å². The van der Waals surface area contributed by atoms with Gasteiger partial charge in [-0.05, 0) is 56.2 Å². The first kappa shape index (κ1) is 17.2. The van der Waals surface area contributed by atoms with E-state index < -0.39 is 5.25 Å². The number of thioether (sulfide) groups is 1. The second-order valence-electron chi connectivity index (χ2n) is 5.81. The molecule has 0 aliphatic carbocycles. The van der Waals surface area contributed by atoms with E-state index in [1.807, 2.05) is 22.8 Å². The Labute approximate surface area is 150 Å². The molecule has 0 bridgehead atoms. The number of benzene rings is 1. The van der Waals surface area contributed by atoms with E-state index in [0.717, 1.165) is 11.3 Å². The molecule has 0 unspecified atom stereocenters. The van der Waals surface area contributed by atoms with Crippen molar-refractivity contribution in [3.63, 3.8) is 0 Å². The highest BCUT2D eigenvalue weighted by Crippen LogP contribution is 2.30. The van der Waals surface area contributed by atoms with Crippen molar-refractivity contribution in [2.45, 2.75) is 31.2 Å². The van der Waals surface area contributed by atoms with Gasteiger partial charge in [0.05, 0.1) is 10.9 Å². The summed E-state index contributed by atoms with van der Waals surface area (Å²) in [6.45, 7) is 5.90. The molecule has 3 aromatic rings. The van der Waals surface area contributed by atoms with E-state index in [1.165, 1.54) is 22.9 Å². The monoisotopic (exact) mass is 353 g/mol. The van der Waals surface area contributed by atoms with E-state index in [9.17, 15) is 4.79 Å². The molecule has 3 rings (SSSR count). The Morgan fingerprint density at radius 1 is 1.12 bits per heavy atom. The third-order valence-electron chi connectivity index (χ3n) is 4.00. The van der Waals surface area contributed by atoms with Gasteiger partial charge < -0.3 is 5.73 Å². The van der Waals surface area contributed by atoms with Crippen molar-refractivity contribution < 1.29 is 4.79 Å². The summed E-state index contributed by atoms with van der Waals surface area (Å²) in [7, 11) is 0. The molecule has 0 aliphatic heterocycles. The molecule has 128 valence electrons. The lowest BCUT2D eigenvalue weighted by Crippen LogP contribution is -2.23. The Morgan fingerprint density at radius 3 is 2.48 bits per heavy atom. The summed E-state index contributed by atoms with van der Waals surface area (Å²) in [6, 6.07) is 9.94. The lowest BCUT2D eigenvalue weighted by atomic mass is 10.1. The number of amides is 1. The molecule has 1 aromatic carbocycles. The number of pyridine rings is 1. The van der Waals surface area contributed by atoms with Crippen molar-refractivity contribution >= 4 is 17.7 Å². The predicted octanol–water partition coefficient (Wildman–Crippen LogP) is 2.91. The molecule has 25 heavy (non-hydrogen) atoms. The van der Waals surface area contributed by atoms with E-state index in [2.05, 4.69) is 41.2 Å². The van der Waals surface area contributed by atoms with Gasteiger partial charge in [0.15, 0.2) is 11.0 Å². The first-order chi connectivity index (χ1) is 12.0. The van der Waals surface area contributed by atoms with Gasteiger partial charge in [0.1, 0.15) is 0 Å². The predicted molar refractivity (Wildman–Crippen MR) is 98.6 cm³/mol. The molecular formula is C18H19N5OS. The summed E-state index contributed by atoms with van der Waals surface area (Å²) in [5.41, 5.74) is 9.64. The van der Waals surface area contributed by atoms with Gasteiger partial charge in [-0.3, -0.25) is 14.3 Å². The number of rotatable bonds is 5. The average Bonchev–Trinajstić information content (AvgIpc) is 3.01. The minimum absolute atomic E-state index is 0.384. The van der Waals surface area contributed by atoms with Gasteiger partial charge in [-0.2, -0.15) is 0 Å². The molecule has 0 spiro atoms. The van der Waals surface area contributed by atoms with Crippen molar-refractivity contribution in [3.8, 4) is 17.1 Å². The second-order valence-corrected chi connectivity index (χ2v) is 7.12. The summed E-state index contributed by atoms with van der Waals surface area (Å²) >= 11 is 1.30. The maximum atomic E-state index is 11.5. The number of hydrogen-bond donors (Lipinski definition) is 1. The zero-order chi connectivity index (χ0) is 18.0. The van der Waals surface area contributed by atoms with Crippen LogP contribution in [-0.2, 0) is 4.79 Å². The zero-order valence-corrected chi connectivity index (χ0v) is 15.1. The highest BCUT2D eigenvalue weighted by molar-refractivity contribution is 8.00. The van der Waals surface area contributed by atoms with Crippen molar-refractivity contribution in [3.05, 3.63) is 53.9 Å². The minimum atomic E-state index is -0.403.